The van der Waals surface area contributed by atoms with Gasteiger partial charge < -0.3 is 19.9 Å². The summed E-state index contributed by atoms with van der Waals surface area (Å²) in [5, 5.41) is 3.01. The van der Waals surface area contributed by atoms with Gasteiger partial charge in [0.1, 0.15) is 12.1 Å². The fraction of sp³-hybridized carbons (Fsp3) is 0.826. The van der Waals surface area contributed by atoms with Crippen molar-refractivity contribution in [3.63, 3.8) is 0 Å². The van der Waals surface area contributed by atoms with Crippen molar-refractivity contribution in [3.05, 3.63) is 0 Å². The molecule has 3 atom stereocenters. The molecule has 8 nitrogen and oxygen atoms in total. The van der Waals surface area contributed by atoms with Crippen LogP contribution in [-0.4, -0.2) is 71.8 Å². The van der Waals surface area contributed by atoms with Crippen LogP contribution in [0.1, 0.15) is 73.6 Å². The van der Waals surface area contributed by atoms with Crippen molar-refractivity contribution in [2.75, 3.05) is 20.2 Å². The molecular formula is C23H39N3O5. The Kier molecular flexibility index (Phi) is 7.76. The van der Waals surface area contributed by atoms with E-state index in [1.807, 2.05) is 41.5 Å². The van der Waals surface area contributed by atoms with Crippen molar-refractivity contribution in [2.45, 2.75) is 91.8 Å². The monoisotopic (exact) mass is 437 g/mol. The Hall–Kier alpha value is -2.12. The lowest BCUT2D eigenvalue weighted by molar-refractivity contribution is -0.153. The molecule has 2 saturated heterocycles. The predicted molar refractivity (Wildman–Crippen MR) is 117 cm³/mol. The van der Waals surface area contributed by atoms with Gasteiger partial charge >= 0.3 is 5.97 Å². The van der Waals surface area contributed by atoms with Crippen LogP contribution >= 0.6 is 0 Å². The average Bonchev–Trinajstić information content (AvgIpc) is 3.24. The number of amides is 3. The zero-order valence-corrected chi connectivity index (χ0v) is 20.1. The number of carbonyl (C=O) groups is 4. The van der Waals surface area contributed by atoms with E-state index in [-0.39, 0.29) is 34.6 Å². The number of nitrogens with one attached hydrogen (secondary N) is 1. The standard InChI is InChI=1S/C23H39N3O5/c1-22(2,3)12-18(27)24-15-11-17(26(14-15)19(28)13-23(4,5)6)20(29)25-10-8-9-16(25)21(30)31-7/h15-17H,8-14H2,1-7H3,(H,24,27). The summed E-state index contributed by atoms with van der Waals surface area (Å²) in [5.41, 5.74) is -0.372. The number of likely N-dealkylation sites (tertiary alicyclic amines) is 2. The maximum Gasteiger partial charge on any atom is 0.328 e. The summed E-state index contributed by atoms with van der Waals surface area (Å²) in [6, 6.07) is -1.57. The molecular weight excluding hydrogens is 398 g/mol. The maximum absolute atomic E-state index is 13.4. The van der Waals surface area contributed by atoms with Gasteiger partial charge in [-0.3, -0.25) is 14.4 Å². The first-order chi connectivity index (χ1) is 14.2. The summed E-state index contributed by atoms with van der Waals surface area (Å²) in [6.07, 6.45) is 2.32. The van der Waals surface area contributed by atoms with Gasteiger partial charge in [-0.15, -0.1) is 0 Å². The molecule has 0 aromatic rings. The Morgan fingerprint density at radius 2 is 1.55 bits per heavy atom. The van der Waals surface area contributed by atoms with E-state index in [1.165, 1.54) is 7.11 Å². The van der Waals surface area contributed by atoms with Crippen molar-refractivity contribution < 1.29 is 23.9 Å². The first kappa shape index (κ1) is 25.1. The Bertz CT molecular complexity index is 707. The molecule has 8 heteroatoms. The van der Waals surface area contributed by atoms with Gasteiger partial charge in [0.2, 0.25) is 17.7 Å². The van der Waals surface area contributed by atoms with E-state index >= 15 is 0 Å². The SMILES string of the molecule is COC(=O)C1CCCN1C(=O)C1CC(NC(=O)CC(C)(C)C)CN1C(=O)CC(C)(C)C. The predicted octanol–water partition coefficient (Wildman–Crippen LogP) is 2.11. The van der Waals surface area contributed by atoms with Gasteiger partial charge in [0, 0.05) is 32.0 Å². The molecule has 31 heavy (non-hydrogen) atoms. The molecule has 176 valence electrons. The largest absolute Gasteiger partial charge is 0.467 e. The van der Waals surface area contributed by atoms with Gasteiger partial charge in [0.05, 0.1) is 7.11 Å². The van der Waals surface area contributed by atoms with Gasteiger partial charge in [0.25, 0.3) is 0 Å². The third kappa shape index (κ3) is 6.94. The zero-order valence-electron chi connectivity index (χ0n) is 20.1. The van der Waals surface area contributed by atoms with Crippen LogP contribution in [0.25, 0.3) is 0 Å². The molecule has 0 spiro atoms. The molecule has 0 bridgehead atoms. The lowest BCUT2D eigenvalue weighted by Gasteiger charge is -2.31. The molecule has 2 aliphatic rings. The number of esters is 1. The highest BCUT2D eigenvalue weighted by Gasteiger charge is 2.46. The van der Waals surface area contributed by atoms with Crippen LogP contribution in [0.15, 0.2) is 0 Å². The summed E-state index contributed by atoms with van der Waals surface area (Å²) in [6.45, 7) is 12.7. The van der Waals surface area contributed by atoms with Crippen LogP contribution in [0, 0.1) is 10.8 Å². The molecule has 0 aromatic carbocycles. The minimum absolute atomic E-state index is 0.0811. The van der Waals surface area contributed by atoms with Gasteiger partial charge in [-0.25, -0.2) is 4.79 Å². The van der Waals surface area contributed by atoms with Gasteiger partial charge in [0.15, 0.2) is 0 Å². The van der Waals surface area contributed by atoms with E-state index < -0.39 is 18.1 Å². The second-order valence-corrected chi connectivity index (χ2v) is 11.2. The van der Waals surface area contributed by atoms with Crippen molar-refractivity contribution in [1.29, 1.82) is 0 Å². The smallest absolute Gasteiger partial charge is 0.328 e. The van der Waals surface area contributed by atoms with Crippen molar-refractivity contribution in [2.24, 2.45) is 10.8 Å². The lowest BCUT2D eigenvalue weighted by Crippen LogP contribution is -2.51. The minimum atomic E-state index is -0.681. The Balaban J connectivity index is 2.19. The van der Waals surface area contributed by atoms with Crippen LogP contribution in [0.4, 0.5) is 0 Å². The highest BCUT2D eigenvalue weighted by molar-refractivity contribution is 5.92. The van der Waals surface area contributed by atoms with E-state index in [2.05, 4.69) is 5.32 Å². The normalized spacial score (nSPS) is 24.3. The molecule has 0 aliphatic carbocycles. The fourth-order valence-electron chi connectivity index (χ4n) is 4.37. The third-order valence-electron chi connectivity index (χ3n) is 5.65. The second-order valence-electron chi connectivity index (χ2n) is 11.2. The first-order valence-corrected chi connectivity index (χ1v) is 11.2. The number of ether oxygens (including phenoxy) is 1. The second kappa shape index (κ2) is 9.57. The molecule has 1 N–H and O–H groups in total. The minimum Gasteiger partial charge on any atom is -0.467 e. The highest BCUT2D eigenvalue weighted by Crippen LogP contribution is 2.29. The van der Waals surface area contributed by atoms with Crippen molar-refractivity contribution in [1.82, 2.24) is 15.1 Å². The number of hydrogen-bond donors (Lipinski definition) is 1. The summed E-state index contributed by atoms with van der Waals surface area (Å²) in [4.78, 5) is 54.2. The van der Waals surface area contributed by atoms with Crippen LogP contribution < -0.4 is 5.32 Å². The third-order valence-corrected chi connectivity index (χ3v) is 5.65. The molecule has 3 amide bonds. The van der Waals surface area contributed by atoms with Crippen LogP contribution in [0.2, 0.25) is 0 Å². The maximum atomic E-state index is 13.4. The van der Waals surface area contributed by atoms with Crippen molar-refractivity contribution >= 4 is 23.7 Å². The lowest BCUT2D eigenvalue weighted by atomic mass is 9.91. The Morgan fingerprint density at radius 3 is 2.10 bits per heavy atom. The van der Waals surface area contributed by atoms with Crippen LogP contribution in [0.3, 0.4) is 0 Å². The summed E-state index contributed by atoms with van der Waals surface area (Å²) in [5.74, 6) is -0.844. The number of hydrogen-bond acceptors (Lipinski definition) is 5. The Morgan fingerprint density at radius 1 is 0.935 bits per heavy atom. The average molecular weight is 438 g/mol. The fourth-order valence-corrected chi connectivity index (χ4v) is 4.37. The zero-order chi connectivity index (χ0) is 23.6. The molecule has 3 unspecified atom stereocenters. The van der Waals surface area contributed by atoms with E-state index in [0.717, 1.165) is 6.42 Å². The topological polar surface area (TPSA) is 96.0 Å². The molecule has 0 radical (unpaired) electrons. The Labute approximate surface area is 186 Å². The highest BCUT2D eigenvalue weighted by atomic mass is 16.5. The number of rotatable bonds is 5. The summed E-state index contributed by atoms with van der Waals surface area (Å²) >= 11 is 0. The quantitative estimate of drug-likeness (QED) is 0.665. The van der Waals surface area contributed by atoms with Crippen LogP contribution in [0.5, 0.6) is 0 Å². The van der Waals surface area contributed by atoms with E-state index in [4.69, 9.17) is 4.74 Å². The van der Waals surface area contributed by atoms with Crippen molar-refractivity contribution in [3.8, 4) is 0 Å². The molecule has 2 aliphatic heterocycles. The molecule has 0 saturated carbocycles. The van der Waals surface area contributed by atoms with Gasteiger partial charge in [-0.05, 0) is 30.1 Å². The number of nitrogens with zero attached hydrogens (tertiary/aromatic N) is 2. The summed E-state index contributed by atoms with van der Waals surface area (Å²) in [7, 11) is 1.32. The van der Waals surface area contributed by atoms with E-state index in [9.17, 15) is 19.2 Å². The van der Waals surface area contributed by atoms with Crippen LogP contribution in [-0.2, 0) is 23.9 Å². The van der Waals surface area contributed by atoms with E-state index in [0.29, 0.717) is 38.8 Å². The number of methoxy groups -OCH3 is 1. The molecule has 0 aromatic heterocycles. The van der Waals surface area contributed by atoms with E-state index in [1.54, 1.807) is 9.80 Å². The van der Waals surface area contributed by atoms with Gasteiger partial charge in [-0.1, -0.05) is 41.5 Å². The molecule has 2 rings (SSSR count). The van der Waals surface area contributed by atoms with Gasteiger partial charge in [-0.2, -0.15) is 0 Å². The molecule has 2 heterocycles. The summed E-state index contributed by atoms with van der Waals surface area (Å²) < 4.78 is 4.87. The number of carbonyl (C=O) groups excluding carboxylic acids is 4. The first-order valence-electron chi connectivity index (χ1n) is 11.2. The molecule has 2 fully saturated rings.